The van der Waals surface area contributed by atoms with Gasteiger partial charge in [0.25, 0.3) is 0 Å². The van der Waals surface area contributed by atoms with Gasteiger partial charge in [-0.05, 0) is 42.8 Å². The first-order valence-corrected chi connectivity index (χ1v) is 11.5. The Morgan fingerprint density at radius 1 is 0.968 bits per heavy atom. The summed E-state index contributed by atoms with van der Waals surface area (Å²) in [6, 6.07) is 25.0. The van der Waals surface area contributed by atoms with Crippen LogP contribution in [-0.4, -0.2) is 26.3 Å². The Hall–Kier alpha value is -2.90. The summed E-state index contributed by atoms with van der Waals surface area (Å²) in [4.78, 5) is 12.6. The number of aromatic nitrogens is 3. The first-order valence-electron chi connectivity index (χ1n) is 9.71. The summed E-state index contributed by atoms with van der Waals surface area (Å²) in [6.07, 6.45) is 0. The molecule has 0 aliphatic heterocycles. The maximum atomic E-state index is 12.6. The third-order valence-electron chi connectivity index (χ3n) is 4.67. The maximum Gasteiger partial charge on any atom is 0.196 e. The highest BCUT2D eigenvalue weighted by Crippen LogP contribution is 2.26. The van der Waals surface area contributed by atoms with Crippen molar-refractivity contribution >= 4 is 33.5 Å². The van der Waals surface area contributed by atoms with Crippen LogP contribution in [0.25, 0.3) is 5.69 Å². The van der Waals surface area contributed by atoms with E-state index in [-0.39, 0.29) is 18.1 Å². The SMILES string of the molecule is Cc1ccccc1-n1c(COc2ccc(Br)cc2)nnc1SCC(=O)c1ccccc1. The number of carbonyl (C=O) groups excluding carboxylic acids is 1. The van der Waals surface area contributed by atoms with Crippen molar-refractivity contribution in [2.75, 3.05) is 5.75 Å². The summed E-state index contributed by atoms with van der Waals surface area (Å²) in [6.45, 7) is 2.30. The van der Waals surface area contributed by atoms with Gasteiger partial charge in [-0.15, -0.1) is 10.2 Å². The molecule has 0 amide bonds. The van der Waals surface area contributed by atoms with E-state index in [0.29, 0.717) is 16.5 Å². The van der Waals surface area contributed by atoms with Gasteiger partial charge in [-0.1, -0.05) is 76.2 Å². The van der Waals surface area contributed by atoms with Crippen LogP contribution in [0.5, 0.6) is 5.75 Å². The molecule has 0 aliphatic rings. The van der Waals surface area contributed by atoms with Crippen LogP contribution in [0.1, 0.15) is 21.7 Å². The van der Waals surface area contributed by atoms with Gasteiger partial charge < -0.3 is 4.74 Å². The van der Waals surface area contributed by atoms with Crippen molar-refractivity contribution in [3.05, 3.63) is 100 Å². The number of aryl methyl sites for hydroxylation is 1. The van der Waals surface area contributed by atoms with Crippen molar-refractivity contribution in [3.63, 3.8) is 0 Å². The van der Waals surface area contributed by atoms with Crippen LogP contribution in [0.15, 0.2) is 88.5 Å². The number of rotatable bonds is 8. The fourth-order valence-corrected chi connectivity index (χ4v) is 4.18. The zero-order valence-electron chi connectivity index (χ0n) is 16.9. The molecule has 0 fully saturated rings. The lowest BCUT2D eigenvalue weighted by molar-refractivity contribution is 0.102. The van der Waals surface area contributed by atoms with Gasteiger partial charge in [-0.25, -0.2) is 0 Å². The zero-order valence-corrected chi connectivity index (χ0v) is 19.3. The molecule has 1 heterocycles. The third kappa shape index (κ3) is 5.24. The van der Waals surface area contributed by atoms with Crippen LogP contribution >= 0.6 is 27.7 Å². The average Bonchev–Trinajstić information content (AvgIpc) is 3.20. The Balaban J connectivity index is 1.58. The number of ketones is 1. The molecule has 4 rings (SSSR count). The van der Waals surface area contributed by atoms with Crippen LogP contribution in [0.4, 0.5) is 0 Å². The molecule has 0 atom stereocenters. The fraction of sp³-hybridized carbons (Fsp3) is 0.125. The van der Waals surface area contributed by atoms with Gasteiger partial charge >= 0.3 is 0 Å². The van der Waals surface area contributed by atoms with Gasteiger partial charge in [0, 0.05) is 10.0 Å². The van der Waals surface area contributed by atoms with Crippen molar-refractivity contribution in [1.82, 2.24) is 14.8 Å². The van der Waals surface area contributed by atoms with Crippen LogP contribution in [0, 0.1) is 6.92 Å². The molecule has 3 aromatic carbocycles. The topological polar surface area (TPSA) is 57.0 Å². The largest absolute Gasteiger partial charge is 0.486 e. The number of carbonyl (C=O) groups is 1. The highest BCUT2D eigenvalue weighted by molar-refractivity contribution is 9.10. The Bertz CT molecular complexity index is 1180. The second-order valence-electron chi connectivity index (χ2n) is 6.84. The molecule has 7 heteroatoms. The van der Waals surface area contributed by atoms with E-state index in [9.17, 15) is 4.79 Å². The normalized spacial score (nSPS) is 10.8. The van der Waals surface area contributed by atoms with E-state index in [0.717, 1.165) is 21.5 Å². The summed E-state index contributed by atoms with van der Waals surface area (Å²) < 4.78 is 8.90. The quantitative estimate of drug-likeness (QED) is 0.226. The summed E-state index contributed by atoms with van der Waals surface area (Å²) in [5, 5.41) is 9.39. The summed E-state index contributed by atoms with van der Waals surface area (Å²) in [5.74, 6) is 1.75. The number of hydrogen-bond acceptors (Lipinski definition) is 5. The first kappa shape index (κ1) is 21.3. The molecule has 156 valence electrons. The van der Waals surface area contributed by atoms with Gasteiger partial charge in [0.05, 0.1) is 11.4 Å². The minimum Gasteiger partial charge on any atom is -0.486 e. The molecule has 31 heavy (non-hydrogen) atoms. The van der Waals surface area contributed by atoms with Crippen molar-refractivity contribution in [1.29, 1.82) is 0 Å². The summed E-state index contributed by atoms with van der Waals surface area (Å²) in [5.41, 5.74) is 2.75. The lowest BCUT2D eigenvalue weighted by atomic mass is 10.2. The first-order chi connectivity index (χ1) is 15.1. The molecule has 1 aromatic heterocycles. The van der Waals surface area contributed by atoms with E-state index < -0.39 is 0 Å². The van der Waals surface area contributed by atoms with Gasteiger partial charge in [0.1, 0.15) is 12.4 Å². The summed E-state index contributed by atoms with van der Waals surface area (Å²) in [7, 11) is 0. The lowest BCUT2D eigenvalue weighted by Gasteiger charge is -2.13. The Labute approximate surface area is 193 Å². The number of Topliss-reactive ketones (excluding diaryl/α,β-unsaturated/α-hetero) is 1. The molecule has 0 N–H and O–H groups in total. The van der Waals surface area contributed by atoms with E-state index in [1.807, 2.05) is 90.4 Å². The van der Waals surface area contributed by atoms with Crippen LogP contribution in [-0.2, 0) is 6.61 Å². The number of para-hydroxylation sites is 1. The smallest absolute Gasteiger partial charge is 0.196 e. The second kappa shape index (κ2) is 9.94. The molecule has 4 aromatic rings. The highest BCUT2D eigenvalue weighted by atomic mass is 79.9. The number of halogens is 1. The van der Waals surface area contributed by atoms with Gasteiger partial charge in [0.15, 0.2) is 16.8 Å². The molecule has 0 saturated carbocycles. The molecule has 0 radical (unpaired) electrons. The van der Waals surface area contributed by atoms with Crippen molar-refractivity contribution in [2.45, 2.75) is 18.7 Å². The van der Waals surface area contributed by atoms with Crippen LogP contribution in [0.2, 0.25) is 0 Å². The molecule has 5 nitrogen and oxygen atoms in total. The molecule has 0 spiro atoms. The van der Waals surface area contributed by atoms with Gasteiger partial charge in [-0.2, -0.15) is 0 Å². The lowest BCUT2D eigenvalue weighted by Crippen LogP contribution is -2.09. The van der Waals surface area contributed by atoms with E-state index >= 15 is 0 Å². The molecular weight excluding hydrogens is 474 g/mol. The standard InChI is InChI=1S/C24H20BrN3O2S/c1-17-7-5-6-10-21(17)28-23(15-30-20-13-11-19(25)12-14-20)26-27-24(28)31-16-22(29)18-8-3-2-4-9-18/h2-14H,15-16H2,1H3. The predicted molar refractivity (Wildman–Crippen MR) is 126 cm³/mol. The molecule has 0 unspecified atom stereocenters. The second-order valence-corrected chi connectivity index (χ2v) is 8.70. The van der Waals surface area contributed by atoms with Crippen molar-refractivity contribution < 1.29 is 9.53 Å². The zero-order chi connectivity index (χ0) is 21.6. The Kier molecular flexibility index (Phi) is 6.84. The van der Waals surface area contributed by atoms with Crippen molar-refractivity contribution in [3.8, 4) is 11.4 Å². The van der Waals surface area contributed by atoms with E-state index in [1.165, 1.54) is 11.8 Å². The molecule has 0 saturated heterocycles. The van der Waals surface area contributed by atoms with Gasteiger partial charge in [-0.3, -0.25) is 9.36 Å². The monoisotopic (exact) mass is 493 g/mol. The Morgan fingerprint density at radius 3 is 2.42 bits per heavy atom. The number of benzene rings is 3. The number of hydrogen-bond donors (Lipinski definition) is 0. The van der Waals surface area contributed by atoms with Crippen LogP contribution < -0.4 is 4.74 Å². The van der Waals surface area contributed by atoms with E-state index in [2.05, 4.69) is 26.1 Å². The molecular formula is C24H20BrN3O2S. The Morgan fingerprint density at radius 2 is 1.68 bits per heavy atom. The minimum atomic E-state index is 0.0533. The summed E-state index contributed by atoms with van der Waals surface area (Å²) >= 11 is 4.80. The molecule has 0 bridgehead atoms. The predicted octanol–water partition coefficient (Wildman–Crippen LogP) is 5.89. The average molecular weight is 494 g/mol. The number of ether oxygens (including phenoxy) is 1. The third-order valence-corrected chi connectivity index (χ3v) is 6.12. The molecule has 0 aliphatic carbocycles. The van der Waals surface area contributed by atoms with Crippen LogP contribution in [0.3, 0.4) is 0 Å². The maximum absolute atomic E-state index is 12.6. The van der Waals surface area contributed by atoms with E-state index in [1.54, 1.807) is 0 Å². The number of thioether (sulfide) groups is 1. The van der Waals surface area contributed by atoms with E-state index in [4.69, 9.17) is 4.74 Å². The number of nitrogens with zero attached hydrogens (tertiary/aromatic N) is 3. The fourth-order valence-electron chi connectivity index (χ4n) is 3.06. The van der Waals surface area contributed by atoms with Gasteiger partial charge in [0.2, 0.25) is 0 Å². The minimum absolute atomic E-state index is 0.0533. The highest BCUT2D eigenvalue weighted by Gasteiger charge is 2.18. The van der Waals surface area contributed by atoms with Crippen molar-refractivity contribution in [2.24, 2.45) is 0 Å².